The molecule has 1 N–H and O–H groups in total. The third-order valence-corrected chi connectivity index (χ3v) is 4.70. The lowest BCUT2D eigenvalue weighted by atomic mass is 10.2. The maximum atomic E-state index is 4.63. The number of aromatic nitrogens is 3. The van der Waals surface area contributed by atoms with E-state index in [2.05, 4.69) is 39.9 Å². The summed E-state index contributed by atoms with van der Waals surface area (Å²) in [5.74, 6) is 0.993. The van der Waals surface area contributed by atoms with E-state index in [0.717, 1.165) is 16.6 Å². The van der Waals surface area contributed by atoms with E-state index >= 15 is 0 Å². The second-order valence-corrected chi connectivity index (χ2v) is 6.21. The van der Waals surface area contributed by atoms with Crippen molar-refractivity contribution < 1.29 is 0 Å². The van der Waals surface area contributed by atoms with E-state index in [1.54, 1.807) is 11.3 Å². The minimum Gasteiger partial charge on any atom is -0.347 e. The molecule has 3 rings (SSSR count). The number of anilines is 1. The van der Waals surface area contributed by atoms with Crippen LogP contribution in [0.4, 0.5) is 5.95 Å². The predicted octanol–water partition coefficient (Wildman–Crippen LogP) is 3.94. The average Bonchev–Trinajstić information content (AvgIpc) is 3.09. The lowest BCUT2D eigenvalue weighted by Gasteiger charge is -2.18. The maximum Gasteiger partial charge on any atom is 0.203 e. The van der Waals surface area contributed by atoms with E-state index in [1.165, 1.54) is 25.7 Å². The third-order valence-electron chi connectivity index (χ3n) is 3.74. The Hall–Kier alpha value is -1.36. The zero-order valence-corrected chi connectivity index (χ0v) is 12.3. The van der Waals surface area contributed by atoms with Crippen molar-refractivity contribution in [1.82, 2.24) is 14.5 Å². The number of hydrogen-bond acceptors (Lipinski definition) is 4. The molecule has 1 fully saturated rings. The van der Waals surface area contributed by atoms with Crippen LogP contribution < -0.4 is 5.32 Å². The monoisotopic (exact) mass is 276 g/mol. The fourth-order valence-electron chi connectivity index (χ4n) is 2.79. The van der Waals surface area contributed by atoms with Crippen LogP contribution >= 0.6 is 11.3 Å². The fraction of sp³-hybridized carbons (Fsp3) is 0.571. The first-order valence-corrected chi connectivity index (χ1v) is 7.83. The SMILES string of the molecule is Cc1cn(C2CCCC2)c(NC(C)c2nccs2)n1. The van der Waals surface area contributed by atoms with Gasteiger partial charge in [0.15, 0.2) is 0 Å². The summed E-state index contributed by atoms with van der Waals surface area (Å²) in [4.78, 5) is 9.00. The van der Waals surface area contributed by atoms with Gasteiger partial charge in [-0.1, -0.05) is 12.8 Å². The molecule has 19 heavy (non-hydrogen) atoms. The van der Waals surface area contributed by atoms with Gasteiger partial charge in [-0.2, -0.15) is 0 Å². The zero-order chi connectivity index (χ0) is 13.2. The molecule has 5 heteroatoms. The Bertz CT molecular complexity index is 526. The molecule has 4 nitrogen and oxygen atoms in total. The number of hydrogen-bond donors (Lipinski definition) is 1. The van der Waals surface area contributed by atoms with Gasteiger partial charge in [0.2, 0.25) is 5.95 Å². The summed E-state index contributed by atoms with van der Waals surface area (Å²) in [5.41, 5.74) is 1.08. The van der Waals surface area contributed by atoms with Gasteiger partial charge < -0.3 is 9.88 Å². The topological polar surface area (TPSA) is 42.7 Å². The van der Waals surface area contributed by atoms with Crippen molar-refractivity contribution in [1.29, 1.82) is 0 Å². The van der Waals surface area contributed by atoms with Crippen LogP contribution in [0.15, 0.2) is 17.8 Å². The first kappa shape index (κ1) is 12.7. The highest BCUT2D eigenvalue weighted by atomic mass is 32.1. The van der Waals surface area contributed by atoms with Crippen LogP contribution in [0, 0.1) is 6.92 Å². The highest BCUT2D eigenvalue weighted by Gasteiger charge is 2.21. The van der Waals surface area contributed by atoms with Crippen molar-refractivity contribution >= 4 is 17.3 Å². The Morgan fingerprint density at radius 2 is 2.21 bits per heavy atom. The van der Waals surface area contributed by atoms with Crippen LogP contribution in [0.2, 0.25) is 0 Å². The van der Waals surface area contributed by atoms with E-state index in [4.69, 9.17) is 0 Å². The highest BCUT2D eigenvalue weighted by Crippen LogP contribution is 2.33. The Kier molecular flexibility index (Phi) is 3.55. The van der Waals surface area contributed by atoms with Gasteiger partial charge in [-0.25, -0.2) is 9.97 Å². The molecule has 102 valence electrons. The van der Waals surface area contributed by atoms with Crippen molar-refractivity contribution in [3.05, 3.63) is 28.5 Å². The molecule has 2 heterocycles. The third kappa shape index (κ3) is 2.66. The quantitative estimate of drug-likeness (QED) is 0.920. The van der Waals surface area contributed by atoms with Gasteiger partial charge in [0, 0.05) is 23.8 Å². The van der Waals surface area contributed by atoms with E-state index in [9.17, 15) is 0 Å². The van der Waals surface area contributed by atoms with Crippen LogP contribution in [-0.4, -0.2) is 14.5 Å². The Labute approximate surface area is 117 Å². The molecule has 2 aromatic heterocycles. The van der Waals surface area contributed by atoms with E-state index < -0.39 is 0 Å². The average molecular weight is 276 g/mol. The summed E-state index contributed by atoms with van der Waals surface area (Å²) in [6, 6.07) is 0.828. The van der Waals surface area contributed by atoms with Gasteiger partial charge >= 0.3 is 0 Å². The fourth-order valence-corrected chi connectivity index (χ4v) is 3.43. The zero-order valence-electron chi connectivity index (χ0n) is 11.5. The van der Waals surface area contributed by atoms with Crippen LogP contribution in [0.1, 0.15) is 55.4 Å². The first-order valence-electron chi connectivity index (χ1n) is 6.95. The summed E-state index contributed by atoms with van der Waals surface area (Å²) in [6.07, 6.45) is 9.25. The van der Waals surface area contributed by atoms with E-state index in [0.29, 0.717) is 6.04 Å². The standard InChI is InChI=1S/C14H20N4S/c1-10-9-18(12-5-3-4-6-12)14(16-10)17-11(2)13-15-7-8-19-13/h7-9,11-12H,3-6H2,1-2H3,(H,16,17). The molecule has 0 spiro atoms. The molecule has 0 amide bonds. The highest BCUT2D eigenvalue weighted by molar-refractivity contribution is 7.09. The summed E-state index contributed by atoms with van der Waals surface area (Å²) in [5, 5.41) is 6.64. The Morgan fingerprint density at radius 1 is 1.42 bits per heavy atom. The van der Waals surface area contributed by atoms with Gasteiger partial charge in [-0.15, -0.1) is 11.3 Å². The maximum absolute atomic E-state index is 4.63. The van der Waals surface area contributed by atoms with Crippen LogP contribution in [0.25, 0.3) is 0 Å². The molecule has 1 saturated carbocycles. The molecule has 1 unspecified atom stereocenters. The van der Waals surface area contributed by atoms with Gasteiger partial charge in [0.05, 0.1) is 11.7 Å². The second-order valence-electron chi connectivity index (χ2n) is 5.29. The van der Waals surface area contributed by atoms with Crippen molar-refractivity contribution in [3.8, 4) is 0 Å². The van der Waals surface area contributed by atoms with Crippen molar-refractivity contribution in [3.63, 3.8) is 0 Å². The lowest BCUT2D eigenvalue weighted by molar-refractivity contribution is 0.520. The van der Waals surface area contributed by atoms with Gasteiger partial charge in [0.1, 0.15) is 5.01 Å². The molecule has 1 aliphatic rings. The van der Waals surface area contributed by atoms with Crippen LogP contribution in [0.5, 0.6) is 0 Å². The number of thiazole rings is 1. The number of nitrogens with zero attached hydrogens (tertiary/aromatic N) is 3. The molecule has 0 saturated heterocycles. The van der Waals surface area contributed by atoms with Gasteiger partial charge in [-0.05, 0) is 26.7 Å². The molecule has 2 aromatic rings. The Morgan fingerprint density at radius 3 is 2.89 bits per heavy atom. The molecule has 0 bridgehead atoms. The minimum atomic E-state index is 0.210. The summed E-state index contributed by atoms with van der Waals surface area (Å²) in [6.45, 7) is 4.20. The normalized spacial score (nSPS) is 17.8. The largest absolute Gasteiger partial charge is 0.347 e. The molecule has 0 radical (unpaired) electrons. The molecular weight excluding hydrogens is 256 g/mol. The molecule has 0 aromatic carbocycles. The van der Waals surface area contributed by atoms with Crippen LogP contribution in [-0.2, 0) is 0 Å². The number of aryl methyl sites for hydroxylation is 1. The minimum absolute atomic E-state index is 0.210. The van der Waals surface area contributed by atoms with Crippen molar-refractivity contribution in [2.24, 2.45) is 0 Å². The summed E-state index contributed by atoms with van der Waals surface area (Å²) in [7, 11) is 0. The summed E-state index contributed by atoms with van der Waals surface area (Å²) < 4.78 is 2.33. The number of imidazole rings is 1. The smallest absolute Gasteiger partial charge is 0.203 e. The van der Waals surface area contributed by atoms with E-state index in [-0.39, 0.29) is 6.04 Å². The molecule has 0 aliphatic heterocycles. The van der Waals surface area contributed by atoms with Gasteiger partial charge in [-0.3, -0.25) is 0 Å². The van der Waals surface area contributed by atoms with E-state index in [1.807, 2.05) is 11.6 Å². The molecule has 1 atom stereocenters. The van der Waals surface area contributed by atoms with Crippen molar-refractivity contribution in [2.45, 2.75) is 51.6 Å². The van der Waals surface area contributed by atoms with Gasteiger partial charge in [0.25, 0.3) is 0 Å². The Balaban J connectivity index is 1.80. The first-order chi connectivity index (χ1) is 9.24. The predicted molar refractivity (Wildman–Crippen MR) is 78.6 cm³/mol. The van der Waals surface area contributed by atoms with Crippen molar-refractivity contribution in [2.75, 3.05) is 5.32 Å². The van der Waals surface area contributed by atoms with Crippen LogP contribution in [0.3, 0.4) is 0 Å². The number of rotatable bonds is 4. The molecular formula is C14H20N4S. The summed E-state index contributed by atoms with van der Waals surface area (Å²) >= 11 is 1.68. The second kappa shape index (κ2) is 5.33. The molecule has 1 aliphatic carbocycles. The lowest BCUT2D eigenvalue weighted by Crippen LogP contribution is -2.13. The number of nitrogens with one attached hydrogen (secondary N) is 1.